The fourth-order valence-electron chi connectivity index (χ4n) is 2.37. The SMILES string of the molecule is Cc1ccc(CNC(=NCC(=O)N(C)C)NCCN2CCOCC2)s1.I. The molecule has 1 aromatic heterocycles. The summed E-state index contributed by atoms with van der Waals surface area (Å²) in [7, 11) is 3.48. The number of thiophene rings is 1. The Hall–Kier alpha value is -0.910. The molecule has 1 fully saturated rings. The van der Waals surface area contributed by atoms with E-state index in [2.05, 4.69) is 39.6 Å². The summed E-state index contributed by atoms with van der Waals surface area (Å²) in [5, 5.41) is 6.65. The van der Waals surface area contributed by atoms with Gasteiger partial charge in [0.1, 0.15) is 6.54 Å². The lowest BCUT2D eigenvalue weighted by molar-refractivity contribution is -0.127. The van der Waals surface area contributed by atoms with Gasteiger partial charge in [0.05, 0.1) is 19.8 Å². The van der Waals surface area contributed by atoms with E-state index in [0.29, 0.717) is 12.5 Å². The van der Waals surface area contributed by atoms with Crippen LogP contribution in [0.2, 0.25) is 0 Å². The predicted molar refractivity (Wildman–Crippen MR) is 118 cm³/mol. The number of morpholine rings is 1. The predicted octanol–water partition coefficient (Wildman–Crippen LogP) is 1.13. The van der Waals surface area contributed by atoms with Gasteiger partial charge in [0.25, 0.3) is 0 Å². The summed E-state index contributed by atoms with van der Waals surface area (Å²) in [5.41, 5.74) is 0. The molecular formula is C17H30IN5O2S. The van der Waals surface area contributed by atoms with E-state index in [1.165, 1.54) is 9.75 Å². The van der Waals surface area contributed by atoms with Crippen LogP contribution in [0.15, 0.2) is 17.1 Å². The molecule has 0 aliphatic carbocycles. The van der Waals surface area contributed by atoms with Gasteiger partial charge in [0.15, 0.2) is 5.96 Å². The first kappa shape index (κ1) is 23.1. The van der Waals surface area contributed by atoms with E-state index < -0.39 is 0 Å². The minimum Gasteiger partial charge on any atom is -0.379 e. The Morgan fingerprint density at radius 2 is 2.04 bits per heavy atom. The van der Waals surface area contributed by atoms with Crippen molar-refractivity contribution >= 4 is 47.2 Å². The van der Waals surface area contributed by atoms with Crippen molar-refractivity contribution in [1.29, 1.82) is 0 Å². The second-order valence-electron chi connectivity index (χ2n) is 6.20. The zero-order valence-electron chi connectivity index (χ0n) is 15.8. The zero-order valence-corrected chi connectivity index (χ0v) is 18.9. The molecule has 1 aromatic rings. The summed E-state index contributed by atoms with van der Waals surface area (Å²) in [6.45, 7) is 8.20. The smallest absolute Gasteiger partial charge is 0.243 e. The molecule has 0 unspecified atom stereocenters. The third-order valence-electron chi connectivity index (χ3n) is 3.92. The number of aryl methyl sites for hydroxylation is 1. The molecule has 1 amide bonds. The minimum absolute atomic E-state index is 0. The van der Waals surface area contributed by atoms with Crippen LogP contribution in [0.3, 0.4) is 0 Å². The summed E-state index contributed by atoms with van der Waals surface area (Å²) in [6.07, 6.45) is 0. The first-order valence-electron chi connectivity index (χ1n) is 8.62. The molecule has 0 saturated carbocycles. The lowest BCUT2D eigenvalue weighted by atomic mass is 10.4. The van der Waals surface area contributed by atoms with Crippen molar-refractivity contribution in [3.63, 3.8) is 0 Å². The number of amides is 1. The van der Waals surface area contributed by atoms with Crippen molar-refractivity contribution in [1.82, 2.24) is 20.4 Å². The number of likely N-dealkylation sites (N-methyl/N-ethyl adjacent to an activating group) is 1. The highest BCUT2D eigenvalue weighted by Crippen LogP contribution is 2.14. The number of hydrogen-bond acceptors (Lipinski definition) is 5. The van der Waals surface area contributed by atoms with Crippen molar-refractivity contribution in [2.75, 3.05) is 60.0 Å². The van der Waals surface area contributed by atoms with Gasteiger partial charge in [-0.1, -0.05) is 0 Å². The van der Waals surface area contributed by atoms with Crippen LogP contribution >= 0.6 is 35.3 Å². The second kappa shape index (κ2) is 12.5. The number of aliphatic imine (C=N–C) groups is 1. The van der Waals surface area contributed by atoms with E-state index in [4.69, 9.17) is 4.74 Å². The third-order valence-corrected chi connectivity index (χ3v) is 4.92. The molecule has 0 aromatic carbocycles. The van der Waals surface area contributed by atoms with E-state index in [9.17, 15) is 4.79 Å². The first-order valence-corrected chi connectivity index (χ1v) is 9.44. The van der Waals surface area contributed by atoms with E-state index in [1.54, 1.807) is 30.3 Å². The molecule has 2 heterocycles. The Morgan fingerprint density at radius 1 is 1.31 bits per heavy atom. The molecule has 2 rings (SSSR count). The summed E-state index contributed by atoms with van der Waals surface area (Å²) in [4.78, 5) is 22.7. The normalized spacial score (nSPS) is 15.3. The van der Waals surface area contributed by atoms with Crippen LogP contribution in [0, 0.1) is 6.92 Å². The van der Waals surface area contributed by atoms with Gasteiger partial charge in [0, 0.05) is 50.0 Å². The van der Waals surface area contributed by atoms with Crippen molar-refractivity contribution in [2.24, 2.45) is 4.99 Å². The Balaban J connectivity index is 0.00000338. The average Bonchev–Trinajstić information content (AvgIpc) is 3.02. The van der Waals surface area contributed by atoms with Gasteiger partial charge in [-0.05, 0) is 19.1 Å². The molecule has 0 spiro atoms. The molecule has 7 nitrogen and oxygen atoms in total. The fourth-order valence-corrected chi connectivity index (χ4v) is 3.20. The molecule has 0 radical (unpaired) electrons. The van der Waals surface area contributed by atoms with Crippen LogP contribution in [0.25, 0.3) is 0 Å². The Bertz CT molecular complexity index is 573. The summed E-state index contributed by atoms with van der Waals surface area (Å²) >= 11 is 1.76. The second-order valence-corrected chi connectivity index (χ2v) is 7.57. The number of nitrogens with one attached hydrogen (secondary N) is 2. The van der Waals surface area contributed by atoms with Gasteiger partial charge < -0.3 is 20.3 Å². The highest BCUT2D eigenvalue weighted by molar-refractivity contribution is 14.0. The van der Waals surface area contributed by atoms with Gasteiger partial charge in [-0.15, -0.1) is 35.3 Å². The molecule has 9 heteroatoms. The number of rotatable bonds is 7. The Kier molecular flexibility index (Phi) is 11.1. The molecule has 2 N–H and O–H groups in total. The number of carbonyl (C=O) groups is 1. The number of hydrogen-bond donors (Lipinski definition) is 2. The number of halogens is 1. The van der Waals surface area contributed by atoms with Crippen LogP contribution in [-0.2, 0) is 16.1 Å². The van der Waals surface area contributed by atoms with Gasteiger partial charge >= 0.3 is 0 Å². The van der Waals surface area contributed by atoms with Crippen LogP contribution in [-0.4, -0.2) is 81.7 Å². The van der Waals surface area contributed by atoms with Gasteiger partial charge in [-0.2, -0.15) is 0 Å². The van der Waals surface area contributed by atoms with Gasteiger partial charge in [-0.25, -0.2) is 4.99 Å². The van der Waals surface area contributed by atoms with Gasteiger partial charge in [-0.3, -0.25) is 9.69 Å². The molecule has 1 aliphatic rings. The van der Waals surface area contributed by atoms with Crippen LogP contribution in [0.4, 0.5) is 0 Å². The van der Waals surface area contributed by atoms with Crippen LogP contribution in [0.1, 0.15) is 9.75 Å². The topological polar surface area (TPSA) is 69.2 Å². The van der Waals surface area contributed by atoms with E-state index in [1.807, 2.05) is 0 Å². The molecular weight excluding hydrogens is 465 g/mol. The monoisotopic (exact) mass is 495 g/mol. The zero-order chi connectivity index (χ0) is 18.1. The highest BCUT2D eigenvalue weighted by Gasteiger charge is 2.10. The highest BCUT2D eigenvalue weighted by atomic mass is 127. The van der Waals surface area contributed by atoms with Crippen molar-refractivity contribution in [2.45, 2.75) is 13.5 Å². The quantitative estimate of drug-likeness (QED) is 0.337. The molecule has 0 bridgehead atoms. The van der Waals surface area contributed by atoms with Crippen molar-refractivity contribution in [3.05, 3.63) is 21.9 Å². The van der Waals surface area contributed by atoms with Crippen molar-refractivity contribution in [3.8, 4) is 0 Å². The van der Waals surface area contributed by atoms with Crippen LogP contribution < -0.4 is 10.6 Å². The fraction of sp³-hybridized carbons (Fsp3) is 0.647. The number of nitrogens with zero attached hydrogens (tertiary/aromatic N) is 3. The largest absolute Gasteiger partial charge is 0.379 e. The summed E-state index contributed by atoms with van der Waals surface area (Å²) in [6, 6.07) is 4.23. The first-order chi connectivity index (χ1) is 12.0. The molecule has 26 heavy (non-hydrogen) atoms. The van der Waals surface area contributed by atoms with E-state index in [0.717, 1.165) is 39.4 Å². The summed E-state index contributed by atoms with van der Waals surface area (Å²) in [5.74, 6) is 0.663. The lowest BCUT2D eigenvalue weighted by Crippen LogP contribution is -2.44. The molecule has 0 atom stereocenters. The maximum atomic E-state index is 11.8. The number of guanidine groups is 1. The molecule has 1 saturated heterocycles. The van der Waals surface area contributed by atoms with Crippen molar-refractivity contribution < 1.29 is 9.53 Å². The molecule has 148 valence electrons. The van der Waals surface area contributed by atoms with E-state index in [-0.39, 0.29) is 36.4 Å². The van der Waals surface area contributed by atoms with E-state index >= 15 is 0 Å². The number of carbonyl (C=O) groups excluding carboxylic acids is 1. The summed E-state index contributed by atoms with van der Waals surface area (Å²) < 4.78 is 5.36. The Morgan fingerprint density at radius 3 is 2.65 bits per heavy atom. The Labute approximate surface area is 177 Å². The van der Waals surface area contributed by atoms with Crippen LogP contribution in [0.5, 0.6) is 0 Å². The van der Waals surface area contributed by atoms with Gasteiger partial charge in [0.2, 0.25) is 5.91 Å². The molecule has 1 aliphatic heterocycles. The number of ether oxygens (including phenoxy) is 1. The lowest BCUT2D eigenvalue weighted by Gasteiger charge is -2.26. The average molecular weight is 495 g/mol. The third kappa shape index (κ3) is 8.65. The maximum absolute atomic E-state index is 11.8. The minimum atomic E-state index is -0.0127. The maximum Gasteiger partial charge on any atom is 0.243 e. The standard InChI is InChI=1S/C17H29N5O2S.HI/c1-14-4-5-15(25-14)12-19-17(20-13-16(23)21(2)3)18-6-7-22-8-10-24-11-9-22;/h4-5H,6-13H2,1-3H3,(H2,18,19,20);1H.